The zero-order valence-electron chi connectivity index (χ0n) is 9.49. The van der Waals surface area contributed by atoms with Crippen molar-refractivity contribution in [2.45, 2.75) is 44.0 Å². The van der Waals surface area contributed by atoms with Crippen molar-refractivity contribution in [3.63, 3.8) is 0 Å². The second kappa shape index (κ2) is 3.19. The molecule has 0 amide bonds. The van der Waals surface area contributed by atoms with Gasteiger partial charge in [-0.1, -0.05) is 24.3 Å². The van der Waals surface area contributed by atoms with Crippen LogP contribution in [0.3, 0.4) is 0 Å². The van der Waals surface area contributed by atoms with Gasteiger partial charge in [-0.25, -0.2) is 0 Å². The number of fused-ring (bicyclic) bond motifs is 3. The number of benzene rings is 1. The van der Waals surface area contributed by atoms with Crippen LogP contribution in [0, 0.1) is 0 Å². The van der Waals surface area contributed by atoms with Crippen molar-refractivity contribution in [1.82, 2.24) is 0 Å². The minimum atomic E-state index is -1.32. The Morgan fingerprint density at radius 3 is 2.93 bits per heavy atom. The van der Waals surface area contributed by atoms with E-state index in [4.69, 9.17) is 4.43 Å². The highest BCUT2D eigenvalue weighted by Gasteiger charge is 2.41. The summed E-state index contributed by atoms with van der Waals surface area (Å²) in [7, 11) is -1.32. The molecule has 80 valence electrons. The van der Waals surface area contributed by atoms with E-state index < -0.39 is 8.32 Å². The van der Waals surface area contributed by atoms with Gasteiger partial charge >= 0.3 is 0 Å². The zero-order valence-corrected chi connectivity index (χ0v) is 10.5. The smallest absolute Gasteiger partial charge is 0.187 e. The third-order valence-corrected chi connectivity index (χ3v) is 6.29. The van der Waals surface area contributed by atoms with Crippen LogP contribution in [0.1, 0.15) is 23.5 Å². The molecular formula is C13H18OSi. The van der Waals surface area contributed by atoms with Gasteiger partial charge in [0.05, 0.1) is 6.10 Å². The number of hydrogen-bond acceptors (Lipinski definition) is 1. The van der Waals surface area contributed by atoms with Crippen LogP contribution in [0.4, 0.5) is 0 Å². The van der Waals surface area contributed by atoms with Gasteiger partial charge in [-0.05, 0) is 43.1 Å². The molecule has 0 N–H and O–H groups in total. The van der Waals surface area contributed by atoms with E-state index in [1.54, 1.807) is 5.56 Å². The SMILES string of the molecule is C[Si]1(C)CC[C@@H]2c3ccccc3C[C@@H]2O1. The summed E-state index contributed by atoms with van der Waals surface area (Å²) >= 11 is 0. The monoisotopic (exact) mass is 218 g/mol. The lowest BCUT2D eigenvalue weighted by molar-refractivity contribution is 0.150. The summed E-state index contributed by atoms with van der Waals surface area (Å²) in [5.41, 5.74) is 3.09. The summed E-state index contributed by atoms with van der Waals surface area (Å²) in [5.74, 6) is 0.696. The Balaban J connectivity index is 1.92. The van der Waals surface area contributed by atoms with E-state index in [-0.39, 0.29) is 0 Å². The third-order valence-electron chi connectivity index (χ3n) is 3.85. The van der Waals surface area contributed by atoms with Crippen molar-refractivity contribution >= 4 is 8.32 Å². The fourth-order valence-electron chi connectivity index (χ4n) is 3.08. The molecule has 2 aliphatic rings. The molecule has 1 aromatic carbocycles. The highest BCUT2D eigenvalue weighted by molar-refractivity contribution is 6.71. The molecular weight excluding hydrogens is 200 g/mol. The van der Waals surface area contributed by atoms with Crippen molar-refractivity contribution < 1.29 is 4.43 Å². The molecule has 1 saturated heterocycles. The molecule has 0 spiro atoms. The fourth-order valence-corrected chi connectivity index (χ4v) is 5.27. The molecule has 1 aliphatic heterocycles. The van der Waals surface area contributed by atoms with Gasteiger partial charge in [0.1, 0.15) is 0 Å². The third kappa shape index (κ3) is 1.56. The van der Waals surface area contributed by atoms with Crippen LogP contribution in [-0.2, 0) is 10.8 Å². The molecule has 1 aliphatic carbocycles. The molecule has 1 fully saturated rings. The first-order valence-electron chi connectivity index (χ1n) is 5.91. The Bertz CT molecular complexity index is 386. The largest absolute Gasteiger partial charge is 0.414 e. The number of hydrogen-bond donors (Lipinski definition) is 0. The maximum atomic E-state index is 6.32. The summed E-state index contributed by atoms with van der Waals surface area (Å²) in [6, 6.07) is 10.2. The molecule has 2 heteroatoms. The lowest BCUT2D eigenvalue weighted by atomic mass is 9.97. The van der Waals surface area contributed by atoms with Crippen LogP contribution in [-0.4, -0.2) is 14.4 Å². The van der Waals surface area contributed by atoms with Crippen LogP contribution in [0.2, 0.25) is 19.1 Å². The highest BCUT2D eigenvalue weighted by Crippen LogP contribution is 2.44. The van der Waals surface area contributed by atoms with Crippen LogP contribution < -0.4 is 0 Å². The van der Waals surface area contributed by atoms with E-state index in [1.807, 2.05) is 0 Å². The molecule has 1 aromatic rings. The molecule has 1 heterocycles. The highest BCUT2D eigenvalue weighted by atomic mass is 28.4. The second-order valence-electron chi connectivity index (χ2n) is 5.46. The first-order valence-corrected chi connectivity index (χ1v) is 9.03. The van der Waals surface area contributed by atoms with Crippen molar-refractivity contribution in [1.29, 1.82) is 0 Å². The van der Waals surface area contributed by atoms with Crippen molar-refractivity contribution in [3.8, 4) is 0 Å². The minimum Gasteiger partial charge on any atom is -0.414 e. The van der Waals surface area contributed by atoms with Gasteiger partial charge in [0.25, 0.3) is 0 Å². The first-order chi connectivity index (χ1) is 7.16. The van der Waals surface area contributed by atoms with Crippen LogP contribution >= 0.6 is 0 Å². The van der Waals surface area contributed by atoms with E-state index in [1.165, 1.54) is 18.0 Å². The van der Waals surface area contributed by atoms with E-state index in [9.17, 15) is 0 Å². The summed E-state index contributed by atoms with van der Waals surface area (Å²) < 4.78 is 6.32. The molecule has 15 heavy (non-hydrogen) atoms. The van der Waals surface area contributed by atoms with Gasteiger partial charge in [-0.2, -0.15) is 0 Å². The van der Waals surface area contributed by atoms with Crippen LogP contribution in [0.25, 0.3) is 0 Å². The topological polar surface area (TPSA) is 9.23 Å². The molecule has 0 bridgehead atoms. The van der Waals surface area contributed by atoms with Gasteiger partial charge in [0.15, 0.2) is 8.32 Å². The molecule has 0 radical (unpaired) electrons. The maximum Gasteiger partial charge on any atom is 0.187 e. The molecule has 0 unspecified atom stereocenters. The second-order valence-corrected chi connectivity index (χ2v) is 9.72. The van der Waals surface area contributed by atoms with Crippen LogP contribution in [0.5, 0.6) is 0 Å². The van der Waals surface area contributed by atoms with E-state index in [2.05, 4.69) is 37.4 Å². The Morgan fingerprint density at radius 1 is 1.27 bits per heavy atom. The Kier molecular flexibility index (Phi) is 2.05. The van der Waals surface area contributed by atoms with Gasteiger partial charge in [0.2, 0.25) is 0 Å². The fraction of sp³-hybridized carbons (Fsp3) is 0.538. The van der Waals surface area contributed by atoms with Gasteiger partial charge in [-0.15, -0.1) is 0 Å². The molecule has 0 aromatic heterocycles. The normalized spacial score (nSPS) is 32.1. The Morgan fingerprint density at radius 2 is 2.07 bits per heavy atom. The van der Waals surface area contributed by atoms with E-state index in [0.29, 0.717) is 12.0 Å². The average Bonchev–Trinajstić information content (AvgIpc) is 2.52. The molecule has 2 atom stereocenters. The van der Waals surface area contributed by atoms with Crippen molar-refractivity contribution in [2.24, 2.45) is 0 Å². The summed E-state index contributed by atoms with van der Waals surface area (Å²) in [4.78, 5) is 0. The molecule has 0 saturated carbocycles. The van der Waals surface area contributed by atoms with Gasteiger partial charge in [-0.3, -0.25) is 0 Å². The molecule has 1 nitrogen and oxygen atoms in total. The maximum absolute atomic E-state index is 6.32. The van der Waals surface area contributed by atoms with Gasteiger partial charge in [0, 0.05) is 5.92 Å². The van der Waals surface area contributed by atoms with Crippen molar-refractivity contribution in [3.05, 3.63) is 35.4 Å². The number of rotatable bonds is 0. The predicted octanol–water partition coefficient (Wildman–Crippen LogP) is 3.32. The van der Waals surface area contributed by atoms with Crippen LogP contribution in [0.15, 0.2) is 24.3 Å². The van der Waals surface area contributed by atoms with E-state index in [0.717, 1.165) is 6.42 Å². The standard InChI is InChI=1S/C13H18OSi/c1-15(2)8-7-12-11-6-4-3-5-10(11)9-13(12)14-15/h3-6,12-13H,7-9H2,1-2H3/t12-,13+/m1/s1. The van der Waals surface area contributed by atoms with Crippen molar-refractivity contribution in [2.75, 3.05) is 0 Å². The summed E-state index contributed by atoms with van der Waals surface area (Å²) in [6.45, 7) is 4.71. The lowest BCUT2D eigenvalue weighted by Gasteiger charge is -2.37. The zero-order chi connectivity index (χ0) is 10.5. The van der Waals surface area contributed by atoms with Gasteiger partial charge < -0.3 is 4.43 Å². The quantitative estimate of drug-likeness (QED) is 0.607. The Labute approximate surface area is 92.6 Å². The Hall–Kier alpha value is -0.603. The average molecular weight is 218 g/mol. The van der Waals surface area contributed by atoms with E-state index >= 15 is 0 Å². The molecule has 3 rings (SSSR count). The first kappa shape index (κ1) is 9.61. The summed E-state index contributed by atoms with van der Waals surface area (Å²) in [6.07, 6.45) is 3.00. The predicted molar refractivity (Wildman–Crippen MR) is 64.7 cm³/mol. The lowest BCUT2D eigenvalue weighted by Crippen LogP contribution is -2.42. The minimum absolute atomic E-state index is 0.498. The summed E-state index contributed by atoms with van der Waals surface area (Å²) in [5, 5.41) is 0.